The number of carbonyl (C=O) groups is 1. The van der Waals surface area contributed by atoms with Crippen molar-refractivity contribution in [1.82, 2.24) is 0 Å². The number of amides is 1. The molecule has 2 aliphatic carbocycles. The van der Waals surface area contributed by atoms with Gasteiger partial charge in [0.25, 0.3) is 0 Å². The van der Waals surface area contributed by atoms with E-state index in [-0.39, 0.29) is 17.6 Å². The van der Waals surface area contributed by atoms with Gasteiger partial charge in [0.05, 0.1) is 5.75 Å². The van der Waals surface area contributed by atoms with Crippen LogP contribution in [-0.2, 0) is 14.8 Å². The number of rotatable bonds is 5. The van der Waals surface area contributed by atoms with Gasteiger partial charge in [-0.1, -0.05) is 0 Å². The third-order valence-electron chi connectivity index (χ3n) is 4.42. The molecule has 0 aromatic heterocycles. The average molecular weight is 308 g/mol. The maximum atomic E-state index is 12.1. The fourth-order valence-corrected chi connectivity index (χ4v) is 3.69. The number of sulfonamides is 1. The summed E-state index contributed by atoms with van der Waals surface area (Å²) in [6.45, 7) is 1.59. The maximum absolute atomic E-state index is 12.1. The molecule has 2 atom stereocenters. The molecule has 114 valence electrons. The van der Waals surface area contributed by atoms with Crippen molar-refractivity contribution < 1.29 is 13.2 Å². The summed E-state index contributed by atoms with van der Waals surface area (Å²) in [5.74, 6) is 1.84. The first-order valence-electron chi connectivity index (χ1n) is 7.38. The second kappa shape index (κ2) is 5.33. The Labute approximate surface area is 125 Å². The van der Waals surface area contributed by atoms with Crippen LogP contribution in [-0.4, -0.2) is 20.1 Å². The second-order valence-electron chi connectivity index (χ2n) is 6.00. The highest BCUT2D eigenvalue weighted by Crippen LogP contribution is 2.54. The first kappa shape index (κ1) is 14.4. The Hall–Kier alpha value is -1.56. The molecular weight excluding hydrogens is 288 g/mol. The van der Waals surface area contributed by atoms with E-state index in [2.05, 4.69) is 10.0 Å². The summed E-state index contributed by atoms with van der Waals surface area (Å²) >= 11 is 0. The van der Waals surface area contributed by atoms with Gasteiger partial charge in [0.2, 0.25) is 15.9 Å². The third-order valence-corrected chi connectivity index (χ3v) is 5.73. The van der Waals surface area contributed by atoms with Gasteiger partial charge < -0.3 is 5.32 Å². The SMILES string of the molecule is CCS(=O)(=O)Nc1ccc(NC(=O)C2CC3CC3C2)cc1. The number of fused-ring (bicyclic) bond motifs is 1. The Morgan fingerprint density at radius 3 is 2.24 bits per heavy atom. The van der Waals surface area contributed by atoms with Crippen molar-refractivity contribution >= 4 is 27.3 Å². The molecule has 2 unspecified atom stereocenters. The lowest BCUT2D eigenvalue weighted by atomic mass is 10.0. The van der Waals surface area contributed by atoms with Crippen LogP contribution in [0, 0.1) is 17.8 Å². The van der Waals surface area contributed by atoms with E-state index < -0.39 is 10.0 Å². The Bertz CT molecular complexity index is 629. The summed E-state index contributed by atoms with van der Waals surface area (Å²) in [5.41, 5.74) is 1.22. The van der Waals surface area contributed by atoms with Gasteiger partial charge in [0.1, 0.15) is 0 Å². The second-order valence-corrected chi connectivity index (χ2v) is 8.01. The zero-order chi connectivity index (χ0) is 15.0. The molecule has 2 N–H and O–H groups in total. The minimum Gasteiger partial charge on any atom is -0.326 e. The van der Waals surface area contributed by atoms with Crippen molar-refractivity contribution in [2.75, 3.05) is 15.8 Å². The zero-order valence-corrected chi connectivity index (χ0v) is 12.8. The van der Waals surface area contributed by atoms with Crippen molar-refractivity contribution in [3.05, 3.63) is 24.3 Å². The first-order valence-corrected chi connectivity index (χ1v) is 9.03. The summed E-state index contributed by atoms with van der Waals surface area (Å²) in [6, 6.07) is 6.77. The quantitative estimate of drug-likeness (QED) is 0.877. The van der Waals surface area contributed by atoms with Crippen LogP contribution in [0.1, 0.15) is 26.2 Å². The molecule has 1 aromatic carbocycles. The molecular formula is C15H20N2O3S. The minimum absolute atomic E-state index is 0.0372. The van der Waals surface area contributed by atoms with Crippen molar-refractivity contribution in [1.29, 1.82) is 0 Å². The van der Waals surface area contributed by atoms with E-state index in [4.69, 9.17) is 0 Å². The Kier molecular flexibility index (Phi) is 3.65. The van der Waals surface area contributed by atoms with Gasteiger partial charge in [0, 0.05) is 17.3 Å². The highest BCUT2D eigenvalue weighted by Gasteiger charge is 2.47. The van der Waals surface area contributed by atoms with Crippen LogP contribution in [0.4, 0.5) is 11.4 Å². The standard InChI is InChI=1S/C15H20N2O3S/c1-2-21(19,20)17-14-5-3-13(4-6-14)16-15(18)12-8-10-7-11(10)9-12/h3-6,10-12,17H,2,7-9H2,1H3,(H,16,18). The van der Waals surface area contributed by atoms with Gasteiger partial charge in [-0.25, -0.2) is 8.42 Å². The van der Waals surface area contributed by atoms with E-state index in [0.29, 0.717) is 11.4 Å². The molecule has 2 saturated carbocycles. The van der Waals surface area contributed by atoms with Gasteiger partial charge in [-0.05, 0) is 62.3 Å². The minimum atomic E-state index is -3.26. The number of carbonyl (C=O) groups excluding carboxylic acids is 1. The van der Waals surface area contributed by atoms with Gasteiger partial charge >= 0.3 is 0 Å². The topological polar surface area (TPSA) is 75.3 Å². The fraction of sp³-hybridized carbons (Fsp3) is 0.533. The number of hydrogen-bond acceptors (Lipinski definition) is 3. The molecule has 6 heteroatoms. The number of anilines is 2. The normalized spacial score (nSPS) is 27.0. The molecule has 0 spiro atoms. The van der Waals surface area contributed by atoms with E-state index in [1.54, 1.807) is 31.2 Å². The van der Waals surface area contributed by atoms with Gasteiger partial charge in [-0.15, -0.1) is 0 Å². The molecule has 1 aromatic rings. The van der Waals surface area contributed by atoms with Crippen molar-refractivity contribution in [3.63, 3.8) is 0 Å². The monoisotopic (exact) mass is 308 g/mol. The lowest BCUT2D eigenvalue weighted by Gasteiger charge is -2.13. The average Bonchev–Trinajstić information content (AvgIpc) is 3.07. The highest BCUT2D eigenvalue weighted by molar-refractivity contribution is 7.92. The zero-order valence-electron chi connectivity index (χ0n) is 12.0. The van der Waals surface area contributed by atoms with Crippen molar-refractivity contribution in [3.8, 4) is 0 Å². The van der Waals surface area contributed by atoms with E-state index in [9.17, 15) is 13.2 Å². The maximum Gasteiger partial charge on any atom is 0.232 e. The van der Waals surface area contributed by atoms with Gasteiger partial charge in [-0.3, -0.25) is 9.52 Å². The van der Waals surface area contributed by atoms with Crippen LogP contribution in [0.2, 0.25) is 0 Å². The predicted molar refractivity (Wildman–Crippen MR) is 82.5 cm³/mol. The molecule has 2 aliphatic rings. The number of hydrogen-bond donors (Lipinski definition) is 2. The van der Waals surface area contributed by atoms with E-state index in [0.717, 1.165) is 24.7 Å². The smallest absolute Gasteiger partial charge is 0.232 e. The highest BCUT2D eigenvalue weighted by atomic mass is 32.2. The predicted octanol–water partition coefficient (Wildman–Crippen LogP) is 2.43. The van der Waals surface area contributed by atoms with Crippen LogP contribution in [0.15, 0.2) is 24.3 Å². The van der Waals surface area contributed by atoms with Crippen LogP contribution in [0.25, 0.3) is 0 Å². The van der Waals surface area contributed by atoms with Gasteiger partial charge in [-0.2, -0.15) is 0 Å². The molecule has 3 rings (SSSR count). The molecule has 2 fully saturated rings. The van der Waals surface area contributed by atoms with Crippen LogP contribution in [0.5, 0.6) is 0 Å². The van der Waals surface area contributed by atoms with E-state index >= 15 is 0 Å². The summed E-state index contributed by atoms with van der Waals surface area (Å²) in [6.07, 6.45) is 3.34. The summed E-state index contributed by atoms with van der Waals surface area (Å²) in [4.78, 5) is 12.1. The number of nitrogens with one attached hydrogen (secondary N) is 2. The fourth-order valence-electron chi connectivity index (χ4n) is 3.05. The van der Waals surface area contributed by atoms with Crippen LogP contribution >= 0.6 is 0 Å². The molecule has 0 saturated heterocycles. The van der Waals surface area contributed by atoms with E-state index in [1.807, 2.05) is 0 Å². The Morgan fingerprint density at radius 1 is 1.10 bits per heavy atom. The Balaban J connectivity index is 1.58. The van der Waals surface area contributed by atoms with Crippen LogP contribution < -0.4 is 10.0 Å². The van der Waals surface area contributed by atoms with Crippen molar-refractivity contribution in [2.45, 2.75) is 26.2 Å². The molecule has 0 aliphatic heterocycles. The van der Waals surface area contributed by atoms with Crippen LogP contribution in [0.3, 0.4) is 0 Å². The van der Waals surface area contributed by atoms with E-state index in [1.165, 1.54) is 6.42 Å². The lowest BCUT2D eigenvalue weighted by molar-refractivity contribution is -0.120. The molecule has 1 amide bonds. The van der Waals surface area contributed by atoms with Gasteiger partial charge in [0.15, 0.2) is 0 Å². The Morgan fingerprint density at radius 2 is 1.67 bits per heavy atom. The first-order chi connectivity index (χ1) is 9.97. The lowest BCUT2D eigenvalue weighted by Crippen LogP contribution is -2.21. The molecule has 0 bridgehead atoms. The van der Waals surface area contributed by atoms with Crippen molar-refractivity contribution in [2.24, 2.45) is 17.8 Å². The number of benzene rings is 1. The summed E-state index contributed by atoms with van der Waals surface area (Å²) < 4.78 is 25.4. The third kappa shape index (κ3) is 3.37. The summed E-state index contributed by atoms with van der Waals surface area (Å²) in [5, 5.41) is 2.91. The summed E-state index contributed by atoms with van der Waals surface area (Å²) in [7, 11) is -3.26. The molecule has 21 heavy (non-hydrogen) atoms. The molecule has 0 radical (unpaired) electrons. The largest absolute Gasteiger partial charge is 0.326 e. The molecule has 5 nitrogen and oxygen atoms in total. The molecule has 0 heterocycles.